The first kappa shape index (κ1) is 16.3. The minimum absolute atomic E-state index is 0.316. The molecule has 0 aliphatic carbocycles. The van der Waals surface area contributed by atoms with Crippen LogP contribution in [-0.2, 0) is 0 Å². The highest BCUT2D eigenvalue weighted by Crippen LogP contribution is 2.28. The van der Waals surface area contributed by atoms with Crippen molar-refractivity contribution in [3.05, 3.63) is 36.0 Å². The van der Waals surface area contributed by atoms with Crippen LogP contribution in [0.2, 0.25) is 0 Å². The van der Waals surface area contributed by atoms with Crippen molar-refractivity contribution in [1.29, 1.82) is 0 Å². The highest BCUT2D eigenvalue weighted by atomic mass is 16.5. The third kappa shape index (κ3) is 4.23. The number of piperidine rings is 1. The number of aryl methyl sites for hydroxylation is 1. The molecule has 1 aromatic carbocycles. The van der Waals surface area contributed by atoms with Gasteiger partial charge < -0.3 is 9.64 Å². The van der Waals surface area contributed by atoms with Gasteiger partial charge in [0.15, 0.2) is 0 Å². The fraction of sp³-hybridized carbons (Fsp3) is 0.550. The predicted octanol–water partition coefficient (Wildman–Crippen LogP) is 4.43. The SMILES string of the molecule is Cc1cc(OC2CCN(CC(C)(C)C)CC2)c2ccccc2n1. The molecule has 0 spiro atoms. The van der Waals surface area contributed by atoms with E-state index in [2.05, 4.69) is 54.9 Å². The van der Waals surface area contributed by atoms with Crippen LogP contribution in [0.5, 0.6) is 5.75 Å². The van der Waals surface area contributed by atoms with Gasteiger partial charge in [0, 0.05) is 36.8 Å². The van der Waals surface area contributed by atoms with Crippen molar-refractivity contribution in [2.45, 2.75) is 46.6 Å². The summed E-state index contributed by atoms with van der Waals surface area (Å²) >= 11 is 0. The van der Waals surface area contributed by atoms with E-state index in [4.69, 9.17) is 4.74 Å². The lowest BCUT2D eigenvalue weighted by Crippen LogP contribution is -2.42. The average Bonchev–Trinajstić information content (AvgIpc) is 2.47. The van der Waals surface area contributed by atoms with E-state index in [1.54, 1.807) is 0 Å². The van der Waals surface area contributed by atoms with Crippen LogP contribution < -0.4 is 4.74 Å². The molecule has 124 valence electrons. The Labute approximate surface area is 139 Å². The minimum Gasteiger partial charge on any atom is -0.490 e. The number of para-hydroxylation sites is 1. The molecule has 3 nitrogen and oxygen atoms in total. The molecule has 0 atom stereocenters. The van der Waals surface area contributed by atoms with Gasteiger partial charge in [0.1, 0.15) is 11.9 Å². The standard InChI is InChI=1S/C20H28N2O/c1-15-13-19(17-7-5-6-8-18(17)21-15)23-16-9-11-22(12-10-16)14-20(2,3)4/h5-8,13,16H,9-12,14H2,1-4H3. The third-order valence-corrected chi connectivity index (χ3v) is 4.33. The quantitative estimate of drug-likeness (QED) is 0.838. The summed E-state index contributed by atoms with van der Waals surface area (Å²) in [6.07, 6.45) is 2.52. The molecule has 2 aromatic rings. The molecule has 1 aliphatic rings. The third-order valence-electron chi connectivity index (χ3n) is 4.33. The summed E-state index contributed by atoms with van der Waals surface area (Å²) in [5.74, 6) is 0.988. The Hall–Kier alpha value is -1.61. The van der Waals surface area contributed by atoms with Crippen molar-refractivity contribution in [1.82, 2.24) is 9.88 Å². The lowest BCUT2D eigenvalue weighted by atomic mass is 9.94. The van der Waals surface area contributed by atoms with E-state index in [0.29, 0.717) is 11.5 Å². The zero-order valence-corrected chi connectivity index (χ0v) is 14.8. The summed E-state index contributed by atoms with van der Waals surface area (Å²) in [4.78, 5) is 7.16. The van der Waals surface area contributed by atoms with Crippen LogP contribution in [0, 0.1) is 12.3 Å². The number of hydrogen-bond donors (Lipinski definition) is 0. The Morgan fingerprint density at radius 1 is 1.17 bits per heavy atom. The molecule has 3 heteroatoms. The van der Waals surface area contributed by atoms with Gasteiger partial charge in [-0.1, -0.05) is 32.9 Å². The zero-order valence-electron chi connectivity index (χ0n) is 14.8. The van der Waals surface area contributed by atoms with Crippen molar-refractivity contribution < 1.29 is 4.74 Å². The molecule has 0 radical (unpaired) electrons. The van der Waals surface area contributed by atoms with E-state index in [9.17, 15) is 0 Å². The van der Waals surface area contributed by atoms with Crippen LogP contribution in [0.1, 0.15) is 39.3 Å². The molecule has 0 saturated carbocycles. The lowest BCUT2D eigenvalue weighted by Gasteiger charge is -2.36. The van der Waals surface area contributed by atoms with Gasteiger partial charge in [-0.25, -0.2) is 0 Å². The normalized spacial score (nSPS) is 17.6. The molecule has 2 heterocycles. The number of ether oxygens (including phenoxy) is 1. The maximum Gasteiger partial charge on any atom is 0.130 e. The van der Waals surface area contributed by atoms with Crippen LogP contribution in [-0.4, -0.2) is 35.6 Å². The molecule has 0 amide bonds. The van der Waals surface area contributed by atoms with Gasteiger partial charge in [0.05, 0.1) is 5.52 Å². The van der Waals surface area contributed by atoms with Crippen molar-refractivity contribution in [2.24, 2.45) is 5.41 Å². The molecule has 0 unspecified atom stereocenters. The van der Waals surface area contributed by atoms with E-state index in [1.807, 2.05) is 13.0 Å². The summed E-state index contributed by atoms with van der Waals surface area (Å²) < 4.78 is 6.36. The van der Waals surface area contributed by atoms with Gasteiger partial charge in [-0.3, -0.25) is 4.98 Å². The summed E-state index contributed by atoms with van der Waals surface area (Å²) in [7, 11) is 0. The molecule has 1 fully saturated rings. The average molecular weight is 312 g/mol. The van der Waals surface area contributed by atoms with Crippen LogP contribution >= 0.6 is 0 Å². The first-order chi connectivity index (χ1) is 10.9. The molecular formula is C20H28N2O. The van der Waals surface area contributed by atoms with Crippen molar-refractivity contribution in [3.8, 4) is 5.75 Å². The zero-order chi connectivity index (χ0) is 16.4. The Bertz CT molecular complexity index is 667. The molecule has 3 rings (SSSR count). The molecule has 1 saturated heterocycles. The first-order valence-electron chi connectivity index (χ1n) is 8.66. The van der Waals surface area contributed by atoms with Gasteiger partial charge in [-0.05, 0) is 37.3 Å². The number of rotatable bonds is 3. The Balaban J connectivity index is 1.67. The molecule has 23 heavy (non-hydrogen) atoms. The number of pyridine rings is 1. The fourth-order valence-corrected chi connectivity index (χ4v) is 3.40. The van der Waals surface area contributed by atoms with Gasteiger partial charge in [0.25, 0.3) is 0 Å². The topological polar surface area (TPSA) is 25.4 Å². The maximum atomic E-state index is 6.36. The van der Waals surface area contributed by atoms with Crippen LogP contribution in [0.4, 0.5) is 0 Å². The highest BCUT2D eigenvalue weighted by molar-refractivity contribution is 5.85. The lowest BCUT2D eigenvalue weighted by molar-refractivity contribution is 0.0819. The number of aromatic nitrogens is 1. The summed E-state index contributed by atoms with van der Waals surface area (Å²) in [6, 6.07) is 10.3. The summed E-state index contributed by atoms with van der Waals surface area (Å²) in [5.41, 5.74) is 2.41. The van der Waals surface area contributed by atoms with E-state index >= 15 is 0 Å². The highest BCUT2D eigenvalue weighted by Gasteiger charge is 2.24. The van der Waals surface area contributed by atoms with Crippen LogP contribution in [0.15, 0.2) is 30.3 Å². The van der Waals surface area contributed by atoms with Gasteiger partial charge in [-0.2, -0.15) is 0 Å². The summed E-state index contributed by atoms with van der Waals surface area (Å²) in [5, 5.41) is 1.12. The van der Waals surface area contributed by atoms with Crippen LogP contribution in [0.25, 0.3) is 10.9 Å². The van der Waals surface area contributed by atoms with E-state index in [0.717, 1.165) is 54.8 Å². The van der Waals surface area contributed by atoms with Crippen molar-refractivity contribution in [2.75, 3.05) is 19.6 Å². The van der Waals surface area contributed by atoms with Gasteiger partial charge in [0.2, 0.25) is 0 Å². The minimum atomic E-state index is 0.316. The number of hydrogen-bond acceptors (Lipinski definition) is 3. The second-order valence-electron chi connectivity index (χ2n) is 7.93. The van der Waals surface area contributed by atoms with Crippen molar-refractivity contribution >= 4 is 10.9 Å². The second kappa shape index (κ2) is 6.48. The fourth-order valence-electron chi connectivity index (χ4n) is 3.40. The Kier molecular flexibility index (Phi) is 4.58. The molecule has 1 aromatic heterocycles. The number of benzene rings is 1. The molecule has 0 bridgehead atoms. The Morgan fingerprint density at radius 2 is 1.87 bits per heavy atom. The Morgan fingerprint density at radius 3 is 2.57 bits per heavy atom. The number of likely N-dealkylation sites (tertiary alicyclic amines) is 1. The van der Waals surface area contributed by atoms with E-state index < -0.39 is 0 Å². The van der Waals surface area contributed by atoms with Gasteiger partial charge in [-0.15, -0.1) is 0 Å². The van der Waals surface area contributed by atoms with Crippen LogP contribution in [0.3, 0.4) is 0 Å². The van der Waals surface area contributed by atoms with E-state index in [-0.39, 0.29) is 0 Å². The van der Waals surface area contributed by atoms with Gasteiger partial charge >= 0.3 is 0 Å². The van der Waals surface area contributed by atoms with E-state index in [1.165, 1.54) is 0 Å². The molecular weight excluding hydrogens is 284 g/mol. The largest absolute Gasteiger partial charge is 0.490 e. The smallest absolute Gasteiger partial charge is 0.130 e. The second-order valence-corrected chi connectivity index (χ2v) is 7.93. The molecule has 0 N–H and O–H groups in total. The maximum absolute atomic E-state index is 6.36. The monoisotopic (exact) mass is 312 g/mol. The summed E-state index contributed by atoms with van der Waals surface area (Å²) in [6.45, 7) is 12.4. The number of nitrogens with zero attached hydrogens (tertiary/aromatic N) is 2. The molecule has 1 aliphatic heterocycles. The number of fused-ring (bicyclic) bond motifs is 1. The van der Waals surface area contributed by atoms with Crippen molar-refractivity contribution in [3.63, 3.8) is 0 Å². The predicted molar refractivity (Wildman–Crippen MR) is 96.0 cm³/mol. The first-order valence-corrected chi connectivity index (χ1v) is 8.66.